The number of hydrogen-bond donors (Lipinski definition) is 2. The molecule has 0 atom stereocenters. The van der Waals surface area contributed by atoms with E-state index in [-0.39, 0.29) is 17.2 Å². The zero-order chi connectivity index (χ0) is 18.7. The van der Waals surface area contributed by atoms with Gasteiger partial charge in [-0.3, -0.25) is 4.79 Å². The van der Waals surface area contributed by atoms with E-state index in [0.717, 1.165) is 28.4 Å². The zero-order valence-corrected chi connectivity index (χ0v) is 14.9. The second-order valence-electron chi connectivity index (χ2n) is 5.80. The van der Waals surface area contributed by atoms with Crippen LogP contribution in [-0.2, 0) is 11.2 Å². The Morgan fingerprint density at radius 3 is 2.46 bits per heavy atom. The average molecular weight is 372 g/mol. The summed E-state index contributed by atoms with van der Waals surface area (Å²) < 4.78 is 7.16. The molecule has 0 bridgehead atoms. The molecule has 0 unspecified atom stereocenters. The number of nitrogens with zero attached hydrogens (tertiary/aromatic N) is 1. The number of benzene rings is 2. The van der Waals surface area contributed by atoms with E-state index >= 15 is 0 Å². The van der Waals surface area contributed by atoms with E-state index in [1.807, 2.05) is 41.0 Å². The topological polar surface area (TPSA) is 71.7 Å². The molecule has 134 valence electrons. The first-order valence-corrected chi connectivity index (χ1v) is 8.43. The van der Waals surface area contributed by atoms with Gasteiger partial charge in [-0.1, -0.05) is 11.6 Å². The van der Waals surface area contributed by atoms with Gasteiger partial charge < -0.3 is 19.5 Å². The van der Waals surface area contributed by atoms with Gasteiger partial charge in [0.25, 0.3) is 0 Å². The second-order valence-corrected chi connectivity index (χ2v) is 6.21. The van der Waals surface area contributed by atoms with Crippen molar-refractivity contribution in [2.45, 2.75) is 12.8 Å². The molecule has 0 saturated carbocycles. The molecule has 2 aromatic carbocycles. The van der Waals surface area contributed by atoms with Crippen molar-refractivity contribution in [3.63, 3.8) is 0 Å². The number of aromatic nitrogens is 1. The molecular formula is C20H18ClNO4. The average Bonchev–Trinajstić information content (AvgIpc) is 3.06. The monoisotopic (exact) mass is 371 g/mol. The van der Waals surface area contributed by atoms with Crippen molar-refractivity contribution in [2.75, 3.05) is 7.11 Å². The van der Waals surface area contributed by atoms with Gasteiger partial charge in [-0.05, 0) is 66.6 Å². The smallest absolute Gasteiger partial charge is 0.303 e. The fourth-order valence-corrected chi connectivity index (χ4v) is 3.01. The number of phenols is 1. The Bertz CT molecular complexity index is 931. The lowest BCUT2D eigenvalue weighted by atomic mass is 10.1. The van der Waals surface area contributed by atoms with Gasteiger partial charge in [0.2, 0.25) is 0 Å². The highest BCUT2D eigenvalue weighted by Crippen LogP contribution is 2.32. The first kappa shape index (κ1) is 17.9. The summed E-state index contributed by atoms with van der Waals surface area (Å²) in [5.74, 6) is -0.0984. The van der Waals surface area contributed by atoms with Gasteiger partial charge in [-0.2, -0.15) is 0 Å². The van der Waals surface area contributed by atoms with Crippen LogP contribution in [0.1, 0.15) is 12.1 Å². The molecule has 0 aliphatic carbocycles. The van der Waals surface area contributed by atoms with Gasteiger partial charge in [-0.15, -0.1) is 0 Å². The number of halogens is 1. The molecule has 26 heavy (non-hydrogen) atoms. The van der Waals surface area contributed by atoms with Crippen LogP contribution in [0, 0.1) is 0 Å². The summed E-state index contributed by atoms with van der Waals surface area (Å²) in [6, 6.07) is 16.4. The highest BCUT2D eigenvalue weighted by Gasteiger charge is 2.14. The Morgan fingerprint density at radius 1 is 1.12 bits per heavy atom. The standard InChI is InChI=1S/C20H18ClNO4/c1-26-16-7-2-13(3-8-16)18-9-4-14(6-11-20(24)25)22(18)15-5-10-19(23)17(21)12-15/h2-5,7-10,12,23H,6,11H2,1H3,(H,24,25). The van der Waals surface area contributed by atoms with Gasteiger partial charge in [-0.25, -0.2) is 0 Å². The number of carboxylic acids is 1. The quantitative estimate of drug-likeness (QED) is 0.667. The van der Waals surface area contributed by atoms with Crippen LogP contribution in [0.2, 0.25) is 5.02 Å². The number of aromatic hydroxyl groups is 1. The van der Waals surface area contributed by atoms with Crippen LogP contribution in [0.5, 0.6) is 11.5 Å². The molecular weight excluding hydrogens is 354 g/mol. The number of rotatable bonds is 6. The molecule has 0 aliphatic rings. The van der Waals surface area contributed by atoms with E-state index < -0.39 is 5.97 Å². The SMILES string of the molecule is COc1ccc(-c2ccc(CCC(=O)O)n2-c2ccc(O)c(Cl)c2)cc1. The maximum Gasteiger partial charge on any atom is 0.303 e. The van der Waals surface area contributed by atoms with Crippen LogP contribution in [-0.4, -0.2) is 27.9 Å². The van der Waals surface area contributed by atoms with Crippen LogP contribution < -0.4 is 4.74 Å². The molecule has 0 saturated heterocycles. The lowest BCUT2D eigenvalue weighted by Gasteiger charge is -2.15. The number of aryl methyl sites for hydroxylation is 1. The highest BCUT2D eigenvalue weighted by atomic mass is 35.5. The molecule has 2 N–H and O–H groups in total. The normalized spacial score (nSPS) is 10.7. The molecule has 1 aromatic heterocycles. The van der Waals surface area contributed by atoms with Crippen molar-refractivity contribution >= 4 is 17.6 Å². The largest absolute Gasteiger partial charge is 0.506 e. The Morgan fingerprint density at radius 2 is 1.85 bits per heavy atom. The lowest BCUT2D eigenvalue weighted by molar-refractivity contribution is -0.136. The number of carboxylic acid groups (broad SMARTS) is 1. The minimum atomic E-state index is -0.854. The molecule has 0 fully saturated rings. The number of phenolic OH excluding ortho intramolecular Hbond substituents is 1. The maximum absolute atomic E-state index is 11.0. The van der Waals surface area contributed by atoms with Crippen molar-refractivity contribution in [3.8, 4) is 28.4 Å². The van der Waals surface area contributed by atoms with Crippen LogP contribution >= 0.6 is 11.6 Å². The summed E-state index contributed by atoms with van der Waals surface area (Å²) >= 11 is 6.07. The summed E-state index contributed by atoms with van der Waals surface area (Å²) in [7, 11) is 1.61. The van der Waals surface area contributed by atoms with E-state index in [9.17, 15) is 9.90 Å². The predicted octanol–water partition coefficient (Wildman–Crippen LogP) is 4.53. The fraction of sp³-hybridized carbons (Fsp3) is 0.150. The van der Waals surface area contributed by atoms with Gasteiger partial charge >= 0.3 is 5.97 Å². The molecule has 0 spiro atoms. The number of aliphatic carboxylic acids is 1. The molecule has 0 radical (unpaired) electrons. The summed E-state index contributed by atoms with van der Waals surface area (Å²) in [6.45, 7) is 0. The Kier molecular flexibility index (Phi) is 5.19. The Labute approximate surface area is 156 Å². The molecule has 0 amide bonds. The van der Waals surface area contributed by atoms with Crippen molar-refractivity contribution in [2.24, 2.45) is 0 Å². The van der Waals surface area contributed by atoms with E-state index in [1.54, 1.807) is 19.2 Å². The van der Waals surface area contributed by atoms with Crippen LogP contribution in [0.25, 0.3) is 16.9 Å². The maximum atomic E-state index is 11.0. The van der Waals surface area contributed by atoms with Gasteiger partial charge in [0, 0.05) is 11.4 Å². The molecule has 5 nitrogen and oxygen atoms in total. The molecule has 3 aromatic rings. The van der Waals surface area contributed by atoms with Crippen LogP contribution in [0.3, 0.4) is 0 Å². The second kappa shape index (κ2) is 7.54. The third-order valence-corrected chi connectivity index (χ3v) is 4.43. The Balaban J connectivity index is 2.11. The molecule has 0 aliphatic heterocycles. The van der Waals surface area contributed by atoms with Gasteiger partial charge in [0.05, 0.1) is 24.2 Å². The molecule has 6 heteroatoms. The van der Waals surface area contributed by atoms with E-state index in [1.165, 1.54) is 6.07 Å². The van der Waals surface area contributed by atoms with Crippen LogP contribution in [0.4, 0.5) is 0 Å². The predicted molar refractivity (Wildman–Crippen MR) is 100 cm³/mol. The first-order chi connectivity index (χ1) is 12.5. The lowest BCUT2D eigenvalue weighted by Crippen LogP contribution is -2.05. The Hall–Kier alpha value is -2.92. The zero-order valence-electron chi connectivity index (χ0n) is 14.1. The van der Waals surface area contributed by atoms with Crippen molar-refractivity contribution < 1.29 is 19.7 Å². The van der Waals surface area contributed by atoms with Crippen molar-refractivity contribution in [1.29, 1.82) is 0 Å². The molecule has 3 rings (SSSR count). The van der Waals surface area contributed by atoms with E-state index in [4.69, 9.17) is 21.4 Å². The third kappa shape index (κ3) is 3.68. The van der Waals surface area contributed by atoms with E-state index in [2.05, 4.69) is 0 Å². The van der Waals surface area contributed by atoms with Crippen molar-refractivity contribution in [1.82, 2.24) is 4.57 Å². The summed E-state index contributed by atoms with van der Waals surface area (Å²) in [6.07, 6.45) is 0.405. The van der Waals surface area contributed by atoms with Gasteiger partial charge in [0.1, 0.15) is 11.5 Å². The number of methoxy groups -OCH3 is 1. The van der Waals surface area contributed by atoms with Gasteiger partial charge in [0.15, 0.2) is 0 Å². The molecule has 1 heterocycles. The van der Waals surface area contributed by atoms with Crippen LogP contribution in [0.15, 0.2) is 54.6 Å². The summed E-state index contributed by atoms with van der Waals surface area (Å²) in [4.78, 5) is 11.0. The number of carbonyl (C=O) groups is 1. The number of ether oxygens (including phenoxy) is 1. The fourth-order valence-electron chi connectivity index (χ4n) is 2.84. The first-order valence-electron chi connectivity index (χ1n) is 8.05. The van der Waals surface area contributed by atoms with Crippen molar-refractivity contribution in [3.05, 3.63) is 65.3 Å². The summed E-state index contributed by atoms with van der Waals surface area (Å²) in [5.41, 5.74) is 3.45. The third-order valence-electron chi connectivity index (χ3n) is 4.13. The van der Waals surface area contributed by atoms with E-state index in [0.29, 0.717) is 6.42 Å². The highest BCUT2D eigenvalue weighted by molar-refractivity contribution is 6.32. The minimum Gasteiger partial charge on any atom is -0.506 e. The summed E-state index contributed by atoms with van der Waals surface area (Å²) in [5, 5.41) is 19.0. The minimum absolute atomic E-state index is 0.000608. The number of hydrogen-bond acceptors (Lipinski definition) is 3.